The summed E-state index contributed by atoms with van der Waals surface area (Å²) in [5.41, 5.74) is 1.62. The lowest BCUT2D eigenvalue weighted by Crippen LogP contribution is -2.34. The molecular formula is C14H19FN2O. The second-order valence-corrected chi connectivity index (χ2v) is 5.16. The third kappa shape index (κ3) is 2.07. The van der Waals surface area contributed by atoms with Gasteiger partial charge < -0.3 is 9.80 Å². The molecule has 3 nitrogen and oxygen atoms in total. The van der Waals surface area contributed by atoms with Gasteiger partial charge in [0.2, 0.25) is 0 Å². The van der Waals surface area contributed by atoms with Crippen LogP contribution in [0.1, 0.15) is 31.0 Å². The van der Waals surface area contributed by atoms with Crippen LogP contribution in [0.2, 0.25) is 0 Å². The number of likely N-dealkylation sites (N-methyl/N-ethyl adjacent to an activating group) is 1. The van der Waals surface area contributed by atoms with E-state index in [9.17, 15) is 9.18 Å². The molecule has 0 bridgehead atoms. The van der Waals surface area contributed by atoms with E-state index in [0.29, 0.717) is 12.1 Å². The monoisotopic (exact) mass is 250 g/mol. The fourth-order valence-corrected chi connectivity index (χ4v) is 2.36. The van der Waals surface area contributed by atoms with Crippen molar-refractivity contribution in [2.75, 3.05) is 13.6 Å². The molecule has 18 heavy (non-hydrogen) atoms. The molecule has 98 valence electrons. The maximum atomic E-state index is 13.3. The molecular weight excluding hydrogens is 231 g/mol. The van der Waals surface area contributed by atoms with Gasteiger partial charge in [0.1, 0.15) is 5.82 Å². The first kappa shape index (κ1) is 12.9. The van der Waals surface area contributed by atoms with Crippen molar-refractivity contribution < 1.29 is 9.18 Å². The van der Waals surface area contributed by atoms with Crippen LogP contribution in [0.25, 0.3) is 0 Å². The number of rotatable bonds is 2. The molecule has 0 aliphatic carbocycles. The van der Waals surface area contributed by atoms with Crippen LogP contribution in [0.4, 0.5) is 9.18 Å². The van der Waals surface area contributed by atoms with E-state index >= 15 is 0 Å². The van der Waals surface area contributed by atoms with Crippen LogP contribution in [-0.4, -0.2) is 35.5 Å². The Balaban J connectivity index is 2.29. The molecule has 0 spiro atoms. The molecule has 0 aromatic heterocycles. The van der Waals surface area contributed by atoms with Gasteiger partial charge >= 0.3 is 6.03 Å². The average molecular weight is 250 g/mol. The van der Waals surface area contributed by atoms with Gasteiger partial charge in [0.15, 0.2) is 0 Å². The molecule has 2 amide bonds. The number of urea groups is 1. The molecule has 4 heteroatoms. The molecule has 0 radical (unpaired) electrons. The van der Waals surface area contributed by atoms with Gasteiger partial charge in [-0.15, -0.1) is 0 Å². The van der Waals surface area contributed by atoms with Crippen LogP contribution in [0, 0.1) is 12.7 Å². The highest BCUT2D eigenvalue weighted by Gasteiger charge is 2.36. The lowest BCUT2D eigenvalue weighted by molar-refractivity contribution is 0.187. The van der Waals surface area contributed by atoms with E-state index in [2.05, 4.69) is 0 Å². The van der Waals surface area contributed by atoms with Crippen LogP contribution in [-0.2, 0) is 0 Å². The number of carbonyl (C=O) groups excluding carboxylic acids is 1. The van der Waals surface area contributed by atoms with E-state index in [1.165, 1.54) is 6.07 Å². The van der Waals surface area contributed by atoms with Gasteiger partial charge in [-0.25, -0.2) is 9.18 Å². The van der Waals surface area contributed by atoms with Crippen molar-refractivity contribution in [3.63, 3.8) is 0 Å². The zero-order valence-electron chi connectivity index (χ0n) is 11.3. The van der Waals surface area contributed by atoms with Crippen molar-refractivity contribution >= 4 is 6.03 Å². The summed E-state index contributed by atoms with van der Waals surface area (Å²) < 4.78 is 13.3. The van der Waals surface area contributed by atoms with E-state index in [0.717, 1.165) is 5.56 Å². The Bertz CT molecular complexity index is 473. The van der Waals surface area contributed by atoms with Gasteiger partial charge in [0, 0.05) is 19.6 Å². The second kappa shape index (κ2) is 4.59. The number of nitrogens with zero attached hydrogens (tertiary/aromatic N) is 2. The van der Waals surface area contributed by atoms with E-state index in [-0.39, 0.29) is 23.9 Å². The third-order valence-electron chi connectivity index (χ3n) is 3.57. The predicted molar refractivity (Wildman–Crippen MR) is 68.9 cm³/mol. The molecule has 1 aliphatic rings. The summed E-state index contributed by atoms with van der Waals surface area (Å²) >= 11 is 0. The minimum atomic E-state index is -0.202. The zero-order valence-corrected chi connectivity index (χ0v) is 11.3. The molecule has 1 aromatic rings. The number of aryl methyl sites for hydroxylation is 1. The lowest BCUT2D eigenvalue weighted by atomic mass is 10.0. The number of hydrogen-bond donors (Lipinski definition) is 0. The Morgan fingerprint density at radius 1 is 1.39 bits per heavy atom. The largest absolute Gasteiger partial charge is 0.320 e. The van der Waals surface area contributed by atoms with Crippen LogP contribution in [0.3, 0.4) is 0 Å². The molecule has 1 aliphatic heterocycles. The molecule has 0 N–H and O–H groups in total. The van der Waals surface area contributed by atoms with Crippen molar-refractivity contribution in [3.8, 4) is 0 Å². The van der Waals surface area contributed by atoms with Crippen molar-refractivity contribution in [2.24, 2.45) is 0 Å². The summed E-state index contributed by atoms with van der Waals surface area (Å²) in [6, 6.07) is 5.30. The number of hydrogen-bond acceptors (Lipinski definition) is 1. The molecule has 1 saturated heterocycles. The number of benzene rings is 1. The second-order valence-electron chi connectivity index (χ2n) is 5.16. The lowest BCUT2D eigenvalue weighted by Gasteiger charge is -2.19. The zero-order chi connectivity index (χ0) is 13.4. The van der Waals surface area contributed by atoms with Crippen molar-refractivity contribution in [2.45, 2.75) is 32.9 Å². The van der Waals surface area contributed by atoms with Gasteiger partial charge in [0.25, 0.3) is 0 Å². The topological polar surface area (TPSA) is 23.6 Å². The Morgan fingerprint density at radius 2 is 2.06 bits per heavy atom. The first-order valence-electron chi connectivity index (χ1n) is 6.21. The summed E-state index contributed by atoms with van der Waals surface area (Å²) in [4.78, 5) is 15.6. The fraction of sp³-hybridized carbons (Fsp3) is 0.500. The average Bonchev–Trinajstić information content (AvgIpc) is 2.60. The normalized spacial score (nSPS) is 20.1. The number of amides is 2. The Kier molecular flexibility index (Phi) is 3.28. The summed E-state index contributed by atoms with van der Waals surface area (Å²) in [5, 5.41) is 0. The molecule has 1 atom stereocenters. The molecule has 1 unspecified atom stereocenters. The van der Waals surface area contributed by atoms with Crippen molar-refractivity contribution in [1.29, 1.82) is 0 Å². The summed E-state index contributed by atoms with van der Waals surface area (Å²) in [5.74, 6) is -0.202. The molecule has 2 rings (SSSR count). The van der Waals surface area contributed by atoms with Crippen molar-refractivity contribution in [3.05, 3.63) is 35.1 Å². The van der Waals surface area contributed by atoms with Gasteiger partial charge in [-0.05, 0) is 38.0 Å². The molecule has 1 aromatic carbocycles. The Morgan fingerprint density at radius 3 is 2.56 bits per heavy atom. The first-order valence-corrected chi connectivity index (χ1v) is 6.21. The number of carbonyl (C=O) groups is 1. The van der Waals surface area contributed by atoms with Crippen LogP contribution < -0.4 is 0 Å². The predicted octanol–water partition coefficient (Wildman–Crippen LogP) is 2.95. The standard InChI is InChI=1S/C14H19FN2O/c1-9(2)17-8-13(16(4)14(17)18)11-5-6-12(15)10(3)7-11/h5-7,9,13H,8H2,1-4H3. The van der Waals surface area contributed by atoms with Crippen molar-refractivity contribution in [1.82, 2.24) is 9.80 Å². The van der Waals surface area contributed by atoms with Gasteiger partial charge in [0.05, 0.1) is 6.04 Å². The highest BCUT2D eigenvalue weighted by molar-refractivity contribution is 5.77. The maximum absolute atomic E-state index is 13.3. The number of halogens is 1. The summed E-state index contributed by atoms with van der Waals surface area (Å²) in [7, 11) is 1.80. The Labute approximate surface area is 107 Å². The van der Waals surface area contributed by atoms with Gasteiger partial charge in [-0.2, -0.15) is 0 Å². The summed E-state index contributed by atoms with van der Waals surface area (Å²) in [6.45, 7) is 6.42. The van der Waals surface area contributed by atoms with Crippen LogP contribution in [0.5, 0.6) is 0 Å². The highest BCUT2D eigenvalue weighted by atomic mass is 19.1. The van der Waals surface area contributed by atoms with Crippen LogP contribution >= 0.6 is 0 Å². The minimum Gasteiger partial charge on any atom is -0.320 e. The molecule has 1 heterocycles. The van der Waals surface area contributed by atoms with Crippen LogP contribution in [0.15, 0.2) is 18.2 Å². The van der Waals surface area contributed by atoms with Gasteiger partial charge in [-0.1, -0.05) is 12.1 Å². The van der Waals surface area contributed by atoms with E-state index in [1.807, 2.05) is 24.8 Å². The highest BCUT2D eigenvalue weighted by Crippen LogP contribution is 2.30. The maximum Gasteiger partial charge on any atom is 0.320 e. The van der Waals surface area contributed by atoms with E-state index < -0.39 is 0 Å². The smallest absolute Gasteiger partial charge is 0.320 e. The summed E-state index contributed by atoms with van der Waals surface area (Å²) in [6.07, 6.45) is 0. The minimum absolute atomic E-state index is 0.0131. The third-order valence-corrected chi connectivity index (χ3v) is 3.57. The Hall–Kier alpha value is -1.58. The van der Waals surface area contributed by atoms with E-state index in [4.69, 9.17) is 0 Å². The first-order chi connectivity index (χ1) is 8.41. The quantitative estimate of drug-likeness (QED) is 0.791. The molecule has 0 saturated carbocycles. The van der Waals surface area contributed by atoms with E-state index in [1.54, 1.807) is 24.9 Å². The fourth-order valence-electron chi connectivity index (χ4n) is 2.36. The SMILES string of the molecule is Cc1cc(C2CN(C(C)C)C(=O)N2C)ccc1F. The van der Waals surface area contributed by atoms with Gasteiger partial charge in [-0.3, -0.25) is 0 Å². The molecule has 1 fully saturated rings.